The van der Waals surface area contributed by atoms with Crippen LogP contribution in [0.15, 0.2) is 30.3 Å². The van der Waals surface area contributed by atoms with Crippen LogP contribution >= 0.6 is 0 Å². The van der Waals surface area contributed by atoms with Gasteiger partial charge in [0.15, 0.2) is 0 Å². The molecule has 0 aliphatic carbocycles. The topological polar surface area (TPSA) is 67.0 Å². The number of ether oxygens (including phenoxy) is 1. The molecule has 0 atom stereocenters. The van der Waals surface area contributed by atoms with E-state index in [4.69, 9.17) is 4.74 Å². The van der Waals surface area contributed by atoms with Gasteiger partial charge in [0.1, 0.15) is 11.4 Å². The summed E-state index contributed by atoms with van der Waals surface area (Å²) in [6, 6.07) is 10.0. The SMILES string of the molecule is Cc1[nH]c(CCNC(=O)OC(C)(C)C)nc1-c1ccccc1. The Hall–Kier alpha value is -2.30. The maximum atomic E-state index is 11.6. The molecule has 0 spiro atoms. The minimum absolute atomic E-state index is 0.404. The number of imidazole rings is 1. The number of nitrogens with zero attached hydrogens (tertiary/aromatic N) is 1. The van der Waals surface area contributed by atoms with E-state index in [2.05, 4.69) is 15.3 Å². The third-order valence-electron chi connectivity index (χ3n) is 3.01. The Morgan fingerprint density at radius 3 is 2.59 bits per heavy atom. The lowest BCUT2D eigenvalue weighted by molar-refractivity contribution is 0.0528. The summed E-state index contributed by atoms with van der Waals surface area (Å²) in [6.45, 7) is 8.01. The zero-order valence-electron chi connectivity index (χ0n) is 13.6. The molecule has 0 bridgehead atoms. The number of carbonyl (C=O) groups excluding carboxylic acids is 1. The van der Waals surface area contributed by atoms with E-state index < -0.39 is 11.7 Å². The lowest BCUT2D eigenvalue weighted by atomic mass is 10.1. The number of H-pyrrole nitrogens is 1. The molecule has 0 radical (unpaired) electrons. The Morgan fingerprint density at radius 1 is 1.27 bits per heavy atom. The van der Waals surface area contributed by atoms with Gasteiger partial charge in [-0.1, -0.05) is 30.3 Å². The average Bonchev–Trinajstić information content (AvgIpc) is 2.79. The van der Waals surface area contributed by atoms with Crippen molar-refractivity contribution in [1.82, 2.24) is 15.3 Å². The van der Waals surface area contributed by atoms with E-state index in [1.807, 2.05) is 58.0 Å². The molecule has 1 aromatic carbocycles. The van der Waals surface area contributed by atoms with Crippen LogP contribution in [0, 0.1) is 6.92 Å². The van der Waals surface area contributed by atoms with Gasteiger partial charge >= 0.3 is 6.09 Å². The van der Waals surface area contributed by atoms with Crippen LogP contribution in [0.1, 0.15) is 32.3 Å². The average molecular weight is 301 g/mol. The van der Waals surface area contributed by atoms with Crippen molar-refractivity contribution in [2.75, 3.05) is 6.54 Å². The zero-order chi connectivity index (χ0) is 16.2. The van der Waals surface area contributed by atoms with Gasteiger partial charge in [0.2, 0.25) is 0 Å². The molecule has 0 saturated heterocycles. The highest BCUT2D eigenvalue weighted by molar-refractivity contribution is 5.67. The van der Waals surface area contributed by atoms with E-state index in [9.17, 15) is 4.79 Å². The Bertz CT molecular complexity index is 627. The minimum Gasteiger partial charge on any atom is -0.444 e. The molecule has 5 nitrogen and oxygen atoms in total. The van der Waals surface area contributed by atoms with Crippen LogP contribution in [-0.4, -0.2) is 28.2 Å². The van der Waals surface area contributed by atoms with Gasteiger partial charge in [0.05, 0.1) is 5.69 Å². The van der Waals surface area contributed by atoms with Crippen molar-refractivity contribution >= 4 is 6.09 Å². The van der Waals surface area contributed by atoms with Crippen LogP contribution in [0.2, 0.25) is 0 Å². The normalized spacial score (nSPS) is 11.3. The number of alkyl carbamates (subject to hydrolysis) is 1. The van der Waals surface area contributed by atoms with Crippen molar-refractivity contribution in [3.8, 4) is 11.3 Å². The summed E-state index contributed by atoms with van der Waals surface area (Å²) in [5.41, 5.74) is 2.58. The summed E-state index contributed by atoms with van der Waals surface area (Å²) in [7, 11) is 0. The number of aromatic amines is 1. The number of nitrogens with one attached hydrogen (secondary N) is 2. The molecule has 1 amide bonds. The van der Waals surface area contributed by atoms with Crippen molar-refractivity contribution < 1.29 is 9.53 Å². The van der Waals surface area contributed by atoms with Crippen molar-refractivity contribution in [3.63, 3.8) is 0 Å². The monoisotopic (exact) mass is 301 g/mol. The van der Waals surface area contributed by atoms with Gasteiger partial charge < -0.3 is 15.0 Å². The number of hydrogen-bond acceptors (Lipinski definition) is 3. The van der Waals surface area contributed by atoms with Crippen LogP contribution in [0.25, 0.3) is 11.3 Å². The first kappa shape index (κ1) is 16.1. The standard InChI is InChI=1S/C17H23N3O2/c1-12-15(13-8-6-5-7-9-13)20-14(19-12)10-11-18-16(21)22-17(2,3)4/h5-9H,10-11H2,1-4H3,(H,18,21)(H,19,20). The molecule has 0 fully saturated rings. The van der Waals surface area contributed by atoms with Crippen molar-refractivity contribution in [2.45, 2.75) is 39.7 Å². The van der Waals surface area contributed by atoms with Gasteiger partial charge in [-0.2, -0.15) is 0 Å². The van der Waals surface area contributed by atoms with Gasteiger partial charge in [-0.25, -0.2) is 9.78 Å². The fraction of sp³-hybridized carbons (Fsp3) is 0.412. The van der Waals surface area contributed by atoms with Crippen LogP contribution in [0.4, 0.5) is 4.79 Å². The molecule has 2 N–H and O–H groups in total. The second-order valence-electron chi connectivity index (χ2n) is 6.20. The van der Waals surface area contributed by atoms with E-state index in [1.54, 1.807) is 0 Å². The Morgan fingerprint density at radius 2 is 1.95 bits per heavy atom. The summed E-state index contributed by atoms with van der Waals surface area (Å²) in [5, 5.41) is 2.74. The molecule has 1 aromatic heterocycles. The van der Waals surface area contributed by atoms with Crippen molar-refractivity contribution in [2.24, 2.45) is 0 Å². The van der Waals surface area contributed by atoms with E-state index in [-0.39, 0.29) is 0 Å². The van der Waals surface area contributed by atoms with Gasteiger partial charge in [0, 0.05) is 24.2 Å². The Kier molecular flexibility index (Phi) is 4.85. The highest BCUT2D eigenvalue weighted by atomic mass is 16.6. The lowest BCUT2D eigenvalue weighted by Crippen LogP contribution is -2.33. The zero-order valence-corrected chi connectivity index (χ0v) is 13.6. The molecular formula is C17H23N3O2. The molecule has 2 rings (SSSR count). The maximum absolute atomic E-state index is 11.6. The highest BCUT2D eigenvalue weighted by Gasteiger charge is 2.16. The van der Waals surface area contributed by atoms with Crippen molar-refractivity contribution in [1.29, 1.82) is 0 Å². The molecule has 2 aromatic rings. The summed E-state index contributed by atoms with van der Waals surface area (Å²) in [5.74, 6) is 0.854. The molecular weight excluding hydrogens is 278 g/mol. The van der Waals surface area contributed by atoms with E-state index in [0.717, 1.165) is 22.8 Å². The molecule has 0 saturated carbocycles. The van der Waals surface area contributed by atoms with Crippen LogP contribution in [-0.2, 0) is 11.2 Å². The smallest absolute Gasteiger partial charge is 0.407 e. The second kappa shape index (κ2) is 6.64. The van der Waals surface area contributed by atoms with E-state index >= 15 is 0 Å². The summed E-state index contributed by atoms with van der Waals surface area (Å²) < 4.78 is 5.19. The molecule has 0 unspecified atom stereocenters. The molecule has 0 aliphatic rings. The fourth-order valence-electron chi connectivity index (χ4n) is 2.12. The van der Waals surface area contributed by atoms with Crippen LogP contribution in [0.3, 0.4) is 0 Å². The fourth-order valence-corrected chi connectivity index (χ4v) is 2.12. The molecule has 0 aliphatic heterocycles. The number of aromatic nitrogens is 2. The third kappa shape index (κ3) is 4.62. The molecule has 118 valence electrons. The van der Waals surface area contributed by atoms with Gasteiger partial charge in [0.25, 0.3) is 0 Å². The quantitative estimate of drug-likeness (QED) is 0.909. The first-order valence-corrected chi connectivity index (χ1v) is 7.43. The number of aryl methyl sites for hydroxylation is 1. The number of carbonyl (C=O) groups is 1. The number of hydrogen-bond donors (Lipinski definition) is 2. The minimum atomic E-state index is -0.480. The van der Waals surface area contributed by atoms with Gasteiger partial charge in [-0.15, -0.1) is 0 Å². The number of benzene rings is 1. The number of amides is 1. The van der Waals surface area contributed by atoms with E-state index in [1.165, 1.54) is 0 Å². The first-order valence-electron chi connectivity index (χ1n) is 7.43. The van der Waals surface area contributed by atoms with Crippen LogP contribution in [0.5, 0.6) is 0 Å². The Balaban J connectivity index is 1.91. The number of rotatable bonds is 4. The van der Waals surface area contributed by atoms with E-state index in [0.29, 0.717) is 13.0 Å². The predicted molar refractivity (Wildman–Crippen MR) is 86.7 cm³/mol. The first-order chi connectivity index (χ1) is 10.3. The maximum Gasteiger partial charge on any atom is 0.407 e. The molecule has 1 heterocycles. The summed E-state index contributed by atoms with van der Waals surface area (Å²) >= 11 is 0. The second-order valence-corrected chi connectivity index (χ2v) is 6.20. The lowest BCUT2D eigenvalue weighted by Gasteiger charge is -2.19. The predicted octanol–water partition coefficient (Wildman–Crippen LogP) is 3.45. The van der Waals surface area contributed by atoms with Crippen molar-refractivity contribution in [3.05, 3.63) is 41.9 Å². The van der Waals surface area contributed by atoms with Gasteiger partial charge in [-0.3, -0.25) is 0 Å². The highest BCUT2D eigenvalue weighted by Crippen LogP contribution is 2.20. The van der Waals surface area contributed by atoms with Gasteiger partial charge in [-0.05, 0) is 27.7 Å². The third-order valence-corrected chi connectivity index (χ3v) is 3.01. The largest absolute Gasteiger partial charge is 0.444 e. The molecule has 5 heteroatoms. The Labute approximate surface area is 131 Å². The van der Waals surface area contributed by atoms with Crippen LogP contribution < -0.4 is 5.32 Å². The summed E-state index contributed by atoms with van der Waals surface area (Å²) in [4.78, 5) is 19.4. The summed E-state index contributed by atoms with van der Waals surface area (Å²) in [6.07, 6.45) is 0.228. The molecule has 22 heavy (non-hydrogen) atoms.